The Morgan fingerprint density at radius 1 is 0.941 bits per heavy atom. The number of aryl methyl sites for hydroxylation is 2. The Morgan fingerprint density at radius 3 is 2.44 bits per heavy atom. The predicted octanol–water partition coefficient (Wildman–Crippen LogP) is 6.82. The highest BCUT2D eigenvalue weighted by molar-refractivity contribution is 8.18. The van der Waals surface area contributed by atoms with Crippen LogP contribution in [0.5, 0.6) is 0 Å². The number of amides is 1. The van der Waals surface area contributed by atoms with Crippen molar-refractivity contribution in [2.45, 2.75) is 26.8 Å². The number of fused-ring (bicyclic) bond motifs is 1. The fourth-order valence-corrected chi connectivity index (χ4v) is 5.21. The van der Waals surface area contributed by atoms with Crippen LogP contribution in [0.1, 0.15) is 23.6 Å². The Morgan fingerprint density at radius 2 is 1.68 bits per heavy atom. The third kappa shape index (κ3) is 4.57. The zero-order chi connectivity index (χ0) is 23.5. The number of rotatable bonds is 6. The zero-order valence-electron chi connectivity index (χ0n) is 19.4. The van der Waals surface area contributed by atoms with E-state index in [-0.39, 0.29) is 5.91 Å². The molecule has 1 aromatic heterocycles. The number of para-hydroxylation sites is 1. The molecule has 0 saturated carbocycles. The maximum Gasteiger partial charge on any atom is 0.266 e. The van der Waals surface area contributed by atoms with Crippen LogP contribution in [0, 0.1) is 6.92 Å². The van der Waals surface area contributed by atoms with Gasteiger partial charge in [-0.1, -0.05) is 66.2 Å². The van der Waals surface area contributed by atoms with Crippen molar-refractivity contribution in [3.8, 4) is 0 Å². The Hall–Kier alpha value is -3.57. The van der Waals surface area contributed by atoms with Gasteiger partial charge in [0.05, 0.1) is 10.6 Å². The molecule has 3 aromatic carbocycles. The lowest BCUT2D eigenvalue weighted by Crippen LogP contribution is -2.31. The van der Waals surface area contributed by atoms with Crippen LogP contribution in [0.15, 0.2) is 95.0 Å². The van der Waals surface area contributed by atoms with Crippen LogP contribution >= 0.6 is 11.8 Å². The lowest BCUT2D eigenvalue weighted by atomic mass is 10.1. The number of hydrogen-bond donors (Lipinski definition) is 0. The minimum atomic E-state index is 0.0140. The highest BCUT2D eigenvalue weighted by atomic mass is 32.2. The summed E-state index contributed by atoms with van der Waals surface area (Å²) in [5.41, 5.74) is 5.50. The van der Waals surface area contributed by atoms with Gasteiger partial charge in [-0.05, 0) is 61.9 Å². The fourth-order valence-electron chi connectivity index (χ4n) is 4.20. The SMILES string of the molecule is CCn1cc(/C=C2/SC(=Nc3ccc(C)cc3)N(CCc3ccccc3)C2=O)c2ccccc21. The van der Waals surface area contributed by atoms with Crippen molar-refractivity contribution in [3.63, 3.8) is 0 Å². The van der Waals surface area contributed by atoms with Crippen molar-refractivity contribution in [2.75, 3.05) is 6.54 Å². The molecule has 0 unspecified atom stereocenters. The minimum absolute atomic E-state index is 0.0140. The molecule has 1 fully saturated rings. The van der Waals surface area contributed by atoms with Gasteiger partial charge in [0.15, 0.2) is 5.17 Å². The summed E-state index contributed by atoms with van der Waals surface area (Å²) in [5, 5.41) is 1.89. The fraction of sp³-hybridized carbons (Fsp3) is 0.172. The average molecular weight is 466 g/mol. The molecule has 4 aromatic rings. The van der Waals surface area contributed by atoms with Crippen molar-refractivity contribution in [1.29, 1.82) is 0 Å². The van der Waals surface area contributed by atoms with Crippen molar-refractivity contribution in [1.82, 2.24) is 9.47 Å². The van der Waals surface area contributed by atoms with E-state index < -0.39 is 0 Å². The molecule has 0 spiro atoms. The Labute approximate surface area is 204 Å². The molecule has 0 bridgehead atoms. The smallest absolute Gasteiger partial charge is 0.266 e. The number of benzene rings is 3. The van der Waals surface area contributed by atoms with Gasteiger partial charge in [0.2, 0.25) is 0 Å². The van der Waals surface area contributed by atoms with Gasteiger partial charge in [-0.2, -0.15) is 0 Å². The van der Waals surface area contributed by atoms with Crippen LogP contribution in [-0.2, 0) is 17.8 Å². The quantitative estimate of drug-likeness (QED) is 0.293. The molecule has 0 radical (unpaired) electrons. The Bertz CT molecular complexity index is 1380. The first-order chi connectivity index (χ1) is 16.6. The highest BCUT2D eigenvalue weighted by Gasteiger charge is 2.33. The van der Waals surface area contributed by atoms with E-state index in [0.717, 1.165) is 34.8 Å². The number of carbonyl (C=O) groups is 1. The van der Waals surface area contributed by atoms with E-state index in [1.807, 2.05) is 59.5 Å². The van der Waals surface area contributed by atoms with Crippen LogP contribution in [0.4, 0.5) is 5.69 Å². The monoisotopic (exact) mass is 465 g/mol. The number of carbonyl (C=O) groups excluding carboxylic acids is 1. The molecular formula is C29H27N3OS. The maximum absolute atomic E-state index is 13.5. The molecule has 1 aliphatic heterocycles. The van der Waals surface area contributed by atoms with E-state index in [0.29, 0.717) is 11.4 Å². The molecule has 0 atom stereocenters. The highest BCUT2D eigenvalue weighted by Crippen LogP contribution is 2.36. The van der Waals surface area contributed by atoms with Crippen molar-refractivity contribution in [2.24, 2.45) is 4.99 Å². The summed E-state index contributed by atoms with van der Waals surface area (Å²) in [6.45, 7) is 5.67. The van der Waals surface area contributed by atoms with Gasteiger partial charge in [0.1, 0.15) is 0 Å². The van der Waals surface area contributed by atoms with Crippen LogP contribution in [0.3, 0.4) is 0 Å². The first-order valence-electron chi connectivity index (χ1n) is 11.6. The lowest BCUT2D eigenvalue weighted by Gasteiger charge is -2.15. The number of amidine groups is 1. The van der Waals surface area contributed by atoms with Gasteiger partial charge in [-0.3, -0.25) is 9.69 Å². The van der Waals surface area contributed by atoms with Gasteiger partial charge < -0.3 is 4.57 Å². The summed E-state index contributed by atoms with van der Waals surface area (Å²) in [4.78, 5) is 20.9. The van der Waals surface area contributed by atoms with Crippen molar-refractivity contribution in [3.05, 3.63) is 107 Å². The van der Waals surface area contributed by atoms with Gasteiger partial charge in [-0.25, -0.2) is 4.99 Å². The number of thioether (sulfide) groups is 1. The molecule has 4 nitrogen and oxygen atoms in total. The molecule has 2 heterocycles. The molecule has 1 amide bonds. The molecule has 1 saturated heterocycles. The molecule has 34 heavy (non-hydrogen) atoms. The topological polar surface area (TPSA) is 37.6 Å². The van der Waals surface area contributed by atoms with Gasteiger partial charge in [0, 0.05) is 35.8 Å². The van der Waals surface area contributed by atoms with Crippen LogP contribution in [0.2, 0.25) is 0 Å². The van der Waals surface area contributed by atoms with Crippen LogP contribution < -0.4 is 0 Å². The van der Waals surface area contributed by atoms with Gasteiger partial charge >= 0.3 is 0 Å². The number of hydrogen-bond acceptors (Lipinski definition) is 3. The second-order valence-corrected chi connectivity index (χ2v) is 9.43. The first-order valence-corrected chi connectivity index (χ1v) is 12.4. The summed E-state index contributed by atoms with van der Waals surface area (Å²) < 4.78 is 2.22. The summed E-state index contributed by atoms with van der Waals surface area (Å²) in [6.07, 6.45) is 4.94. The van der Waals surface area contributed by atoms with Crippen LogP contribution in [-0.4, -0.2) is 27.1 Å². The van der Waals surface area contributed by atoms with E-state index in [1.165, 1.54) is 28.4 Å². The van der Waals surface area contributed by atoms with E-state index in [4.69, 9.17) is 4.99 Å². The van der Waals surface area contributed by atoms with Crippen LogP contribution in [0.25, 0.3) is 17.0 Å². The molecule has 5 rings (SSSR count). The summed E-state index contributed by atoms with van der Waals surface area (Å²) >= 11 is 1.46. The predicted molar refractivity (Wildman–Crippen MR) is 143 cm³/mol. The molecule has 0 N–H and O–H groups in total. The third-order valence-electron chi connectivity index (χ3n) is 6.06. The molecule has 170 valence electrons. The number of aliphatic imine (C=N–C) groups is 1. The minimum Gasteiger partial charge on any atom is -0.347 e. The molecule has 5 heteroatoms. The largest absolute Gasteiger partial charge is 0.347 e. The third-order valence-corrected chi connectivity index (χ3v) is 7.07. The van der Waals surface area contributed by atoms with E-state index in [9.17, 15) is 4.79 Å². The maximum atomic E-state index is 13.5. The normalized spacial score (nSPS) is 16.3. The van der Waals surface area contributed by atoms with Crippen molar-refractivity contribution < 1.29 is 4.79 Å². The van der Waals surface area contributed by atoms with E-state index >= 15 is 0 Å². The van der Waals surface area contributed by atoms with Gasteiger partial charge in [-0.15, -0.1) is 0 Å². The number of nitrogens with zero attached hydrogens (tertiary/aromatic N) is 3. The summed E-state index contributed by atoms with van der Waals surface area (Å²) in [6, 6.07) is 26.7. The van der Waals surface area contributed by atoms with E-state index in [2.05, 4.69) is 54.9 Å². The molecule has 1 aliphatic rings. The second-order valence-electron chi connectivity index (χ2n) is 8.42. The standard InChI is InChI=1S/C29H27N3OS/c1-3-31-20-23(25-11-7-8-12-26(25)31)19-27-28(33)32(18-17-22-9-5-4-6-10-22)29(34-27)30-24-15-13-21(2)14-16-24/h4-16,19-20H,3,17-18H2,1-2H3/b27-19+,30-29?. The number of aromatic nitrogens is 1. The Kier molecular flexibility index (Phi) is 6.37. The van der Waals surface area contributed by atoms with Gasteiger partial charge in [0.25, 0.3) is 5.91 Å². The molecular weight excluding hydrogens is 438 g/mol. The first kappa shape index (κ1) is 22.2. The summed E-state index contributed by atoms with van der Waals surface area (Å²) in [7, 11) is 0. The Balaban J connectivity index is 1.50. The zero-order valence-corrected chi connectivity index (χ0v) is 20.3. The average Bonchev–Trinajstić information content (AvgIpc) is 3.37. The van der Waals surface area contributed by atoms with Crippen molar-refractivity contribution >= 4 is 45.5 Å². The second kappa shape index (κ2) is 9.74. The summed E-state index contributed by atoms with van der Waals surface area (Å²) in [5.74, 6) is 0.0140. The van der Waals surface area contributed by atoms with E-state index in [1.54, 1.807) is 0 Å². The lowest BCUT2D eigenvalue weighted by molar-refractivity contribution is -0.122. The molecule has 0 aliphatic carbocycles.